The molecule has 142 valence electrons. The van der Waals surface area contributed by atoms with Gasteiger partial charge in [0.25, 0.3) is 0 Å². The molecule has 0 N–H and O–H groups in total. The summed E-state index contributed by atoms with van der Waals surface area (Å²) >= 11 is 0. The molecule has 0 spiro atoms. The highest BCUT2D eigenvalue weighted by Crippen LogP contribution is 2.34. The third-order valence-corrected chi connectivity index (χ3v) is 5.19. The zero-order valence-corrected chi connectivity index (χ0v) is 15.6. The Kier molecular flexibility index (Phi) is 9.34. The van der Waals surface area contributed by atoms with E-state index in [1.165, 1.54) is 31.7 Å². The molecule has 3 nitrogen and oxygen atoms in total. The summed E-state index contributed by atoms with van der Waals surface area (Å²) in [5.41, 5.74) is 0.441. The lowest BCUT2D eigenvalue weighted by Crippen LogP contribution is -2.26. The number of rotatable bonds is 5. The molecule has 1 aliphatic carbocycles. The fraction of sp³-hybridized carbons (Fsp3) is 0.636. The van der Waals surface area contributed by atoms with Crippen molar-refractivity contribution in [2.75, 3.05) is 6.61 Å². The molecule has 1 saturated carbocycles. The molecule has 0 amide bonds. The SMILES string of the molecule is N#CCCO[C@H](c1ccccc1F)[C@H]1CCCCCCCCCCC1=O. The minimum Gasteiger partial charge on any atom is -0.372 e. The molecule has 1 fully saturated rings. The number of nitrogens with zero attached hydrogens (tertiary/aromatic N) is 1. The van der Waals surface area contributed by atoms with Gasteiger partial charge in [0, 0.05) is 17.9 Å². The number of nitriles is 1. The molecule has 0 bridgehead atoms. The van der Waals surface area contributed by atoms with Gasteiger partial charge in [-0.3, -0.25) is 4.79 Å². The van der Waals surface area contributed by atoms with Crippen molar-refractivity contribution in [3.8, 4) is 6.07 Å². The number of ketones is 1. The zero-order valence-electron chi connectivity index (χ0n) is 15.6. The summed E-state index contributed by atoms with van der Waals surface area (Å²) in [6.45, 7) is 0.222. The van der Waals surface area contributed by atoms with Crippen LogP contribution < -0.4 is 0 Å². The Morgan fingerprint density at radius 2 is 1.73 bits per heavy atom. The van der Waals surface area contributed by atoms with Gasteiger partial charge < -0.3 is 4.74 Å². The van der Waals surface area contributed by atoms with Crippen LogP contribution in [0.3, 0.4) is 0 Å². The van der Waals surface area contributed by atoms with E-state index >= 15 is 0 Å². The third-order valence-electron chi connectivity index (χ3n) is 5.19. The number of carbonyl (C=O) groups is 1. The molecule has 1 aromatic carbocycles. The molecule has 0 aliphatic heterocycles. The predicted octanol–water partition coefficient (Wildman–Crippen LogP) is 5.90. The standard InChI is InChI=1S/C22H30FNO2/c23-20-14-10-9-12-18(20)22(26-17-11-16-24)19-13-7-5-3-1-2-4-6-8-15-21(19)25/h9-10,12,14,19,22H,1-8,11,13,15,17H2/t19-,22+/m0/s1. The summed E-state index contributed by atoms with van der Waals surface area (Å²) in [6, 6.07) is 8.60. The van der Waals surface area contributed by atoms with E-state index < -0.39 is 6.10 Å². The number of hydrogen-bond acceptors (Lipinski definition) is 3. The Hall–Kier alpha value is -1.73. The van der Waals surface area contributed by atoms with Crippen molar-refractivity contribution in [3.63, 3.8) is 0 Å². The minimum atomic E-state index is -0.597. The van der Waals surface area contributed by atoms with Crippen LogP contribution in [0.1, 0.15) is 82.3 Å². The fourth-order valence-electron chi connectivity index (χ4n) is 3.75. The van der Waals surface area contributed by atoms with Crippen molar-refractivity contribution in [3.05, 3.63) is 35.6 Å². The van der Waals surface area contributed by atoms with Crippen LogP contribution in [0.25, 0.3) is 0 Å². The molecule has 2 atom stereocenters. The van der Waals surface area contributed by atoms with Crippen LogP contribution in [0.15, 0.2) is 24.3 Å². The van der Waals surface area contributed by atoms with E-state index in [2.05, 4.69) is 6.07 Å². The number of benzene rings is 1. The van der Waals surface area contributed by atoms with Gasteiger partial charge >= 0.3 is 0 Å². The molecule has 0 saturated heterocycles. The molecule has 2 rings (SSSR count). The van der Waals surface area contributed by atoms with Gasteiger partial charge in [0.2, 0.25) is 0 Å². The molecular formula is C22H30FNO2. The Labute approximate surface area is 156 Å². The van der Waals surface area contributed by atoms with Crippen LogP contribution >= 0.6 is 0 Å². The van der Waals surface area contributed by atoms with Crippen LogP contribution in [-0.4, -0.2) is 12.4 Å². The molecule has 0 unspecified atom stereocenters. The first-order chi connectivity index (χ1) is 12.7. The Morgan fingerprint density at radius 3 is 2.42 bits per heavy atom. The topological polar surface area (TPSA) is 50.1 Å². The maximum atomic E-state index is 14.4. The normalized spacial score (nSPS) is 21.2. The molecular weight excluding hydrogens is 329 g/mol. The molecule has 0 aromatic heterocycles. The Morgan fingerprint density at radius 1 is 1.08 bits per heavy atom. The number of carbonyl (C=O) groups excluding carboxylic acids is 1. The van der Waals surface area contributed by atoms with E-state index in [4.69, 9.17) is 10.00 Å². The molecule has 26 heavy (non-hydrogen) atoms. The van der Waals surface area contributed by atoms with Gasteiger partial charge in [0.1, 0.15) is 11.6 Å². The Bertz CT molecular complexity index is 596. The average Bonchev–Trinajstić information content (AvgIpc) is 2.63. The quantitative estimate of drug-likeness (QED) is 0.615. The van der Waals surface area contributed by atoms with Gasteiger partial charge in [-0.15, -0.1) is 0 Å². The van der Waals surface area contributed by atoms with Crippen LogP contribution in [0.2, 0.25) is 0 Å². The molecule has 0 heterocycles. The van der Waals surface area contributed by atoms with E-state index in [1.54, 1.807) is 18.2 Å². The smallest absolute Gasteiger partial charge is 0.138 e. The lowest BCUT2D eigenvalue weighted by Gasteiger charge is -2.27. The summed E-state index contributed by atoms with van der Waals surface area (Å²) in [5, 5.41) is 8.80. The maximum Gasteiger partial charge on any atom is 0.138 e. The first-order valence-electron chi connectivity index (χ1n) is 9.99. The van der Waals surface area contributed by atoms with Gasteiger partial charge in [-0.2, -0.15) is 5.26 Å². The zero-order chi connectivity index (χ0) is 18.6. The van der Waals surface area contributed by atoms with Gasteiger partial charge in [0.05, 0.1) is 25.2 Å². The van der Waals surface area contributed by atoms with Crippen molar-refractivity contribution < 1.29 is 13.9 Å². The highest BCUT2D eigenvalue weighted by molar-refractivity contribution is 5.81. The van der Waals surface area contributed by atoms with Gasteiger partial charge in [-0.1, -0.05) is 63.1 Å². The monoisotopic (exact) mass is 359 g/mol. The van der Waals surface area contributed by atoms with E-state index in [0.29, 0.717) is 12.0 Å². The number of ether oxygens (including phenoxy) is 1. The Balaban J connectivity index is 2.20. The second-order valence-electron chi connectivity index (χ2n) is 7.16. The van der Waals surface area contributed by atoms with Crippen molar-refractivity contribution in [2.45, 2.75) is 76.7 Å². The lowest BCUT2D eigenvalue weighted by atomic mass is 9.84. The molecule has 0 radical (unpaired) electrons. The third kappa shape index (κ3) is 6.53. The van der Waals surface area contributed by atoms with Gasteiger partial charge in [-0.25, -0.2) is 4.39 Å². The number of hydrogen-bond donors (Lipinski definition) is 0. The first kappa shape index (κ1) is 20.6. The second-order valence-corrected chi connectivity index (χ2v) is 7.16. The van der Waals surface area contributed by atoms with Crippen molar-refractivity contribution in [2.24, 2.45) is 5.92 Å². The average molecular weight is 359 g/mol. The summed E-state index contributed by atoms with van der Waals surface area (Å²) in [7, 11) is 0. The summed E-state index contributed by atoms with van der Waals surface area (Å²) < 4.78 is 20.3. The maximum absolute atomic E-state index is 14.4. The summed E-state index contributed by atoms with van der Waals surface area (Å²) in [5.74, 6) is -0.492. The molecule has 1 aliphatic rings. The summed E-state index contributed by atoms with van der Waals surface area (Å²) in [4.78, 5) is 12.9. The van der Waals surface area contributed by atoms with E-state index in [1.807, 2.05) is 0 Å². The number of halogens is 1. The largest absolute Gasteiger partial charge is 0.372 e. The van der Waals surface area contributed by atoms with Crippen LogP contribution in [-0.2, 0) is 9.53 Å². The molecule has 1 aromatic rings. The lowest BCUT2D eigenvalue weighted by molar-refractivity contribution is -0.129. The van der Waals surface area contributed by atoms with Crippen LogP contribution in [0.4, 0.5) is 4.39 Å². The van der Waals surface area contributed by atoms with E-state index in [0.717, 1.165) is 32.1 Å². The highest BCUT2D eigenvalue weighted by Gasteiger charge is 2.31. The second kappa shape index (κ2) is 11.8. The summed E-state index contributed by atoms with van der Waals surface area (Å²) in [6.07, 6.45) is 9.85. The number of Topliss-reactive ketones (excluding diaryl/α,β-unsaturated/α-hetero) is 1. The van der Waals surface area contributed by atoms with Crippen molar-refractivity contribution >= 4 is 5.78 Å². The highest BCUT2D eigenvalue weighted by atomic mass is 19.1. The van der Waals surface area contributed by atoms with Gasteiger partial charge in [-0.05, 0) is 18.9 Å². The first-order valence-corrected chi connectivity index (χ1v) is 9.99. The van der Waals surface area contributed by atoms with Crippen LogP contribution in [0, 0.1) is 23.1 Å². The predicted molar refractivity (Wildman–Crippen MR) is 100.0 cm³/mol. The minimum absolute atomic E-state index is 0.177. The molecule has 4 heteroatoms. The van der Waals surface area contributed by atoms with Crippen LogP contribution in [0.5, 0.6) is 0 Å². The van der Waals surface area contributed by atoms with E-state index in [-0.39, 0.29) is 30.5 Å². The van der Waals surface area contributed by atoms with Gasteiger partial charge in [0.15, 0.2) is 0 Å². The van der Waals surface area contributed by atoms with Crippen molar-refractivity contribution in [1.29, 1.82) is 5.26 Å². The van der Waals surface area contributed by atoms with Crippen molar-refractivity contribution in [1.82, 2.24) is 0 Å². The van der Waals surface area contributed by atoms with E-state index in [9.17, 15) is 9.18 Å². The fourth-order valence-corrected chi connectivity index (χ4v) is 3.75.